The summed E-state index contributed by atoms with van der Waals surface area (Å²) in [6, 6.07) is 7.33. The molecule has 176 valence electrons. The molecule has 9 nitrogen and oxygen atoms in total. The minimum atomic E-state index is -0.499. The van der Waals surface area contributed by atoms with Crippen molar-refractivity contribution < 1.29 is 23.9 Å². The molecule has 2 heterocycles. The number of nitrogens with one attached hydrogen (secondary N) is 1. The van der Waals surface area contributed by atoms with Gasteiger partial charge in [-0.1, -0.05) is 12.1 Å². The minimum absolute atomic E-state index is 0.0760. The van der Waals surface area contributed by atoms with E-state index in [2.05, 4.69) is 10.2 Å². The summed E-state index contributed by atoms with van der Waals surface area (Å²) in [5.41, 5.74) is 0.194. The van der Waals surface area contributed by atoms with Crippen LogP contribution in [0.15, 0.2) is 24.3 Å². The van der Waals surface area contributed by atoms with E-state index in [9.17, 15) is 14.4 Å². The normalized spacial score (nSPS) is 19.8. The van der Waals surface area contributed by atoms with E-state index in [4.69, 9.17) is 9.47 Å². The van der Waals surface area contributed by atoms with Crippen LogP contribution in [0.1, 0.15) is 27.2 Å². The second-order valence-electron chi connectivity index (χ2n) is 9.18. The quantitative estimate of drug-likeness (QED) is 0.716. The third-order valence-corrected chi connectivity index (χ3v) is 5.62. The lowest BCUT2D eigenvalue weighted by Gasteiger charge is -2.35. The Balaban J connectivity index is 1.40. The molecule has 0 aromatic heterocycles. The van der Waals surface area contributed by atoms with E-state index in [1.54, 1.807) is 23.0 Å². The lowest BCUT2D eigenvalue weighted by atomic mass is 10.1. The maximum Gasteiger partial charge on any atom is 0.410 e. The molecule has 1 aromatic carbocycles. The number of ether oxygens (including phenoxy) is 2. The molecule has 2 saturated heterocycles. The molecule has 32 heavy (non-hydrogen) atoms. The van der Waals surface area contributed by atoms with E-state index in [0.717, 1.165) is 13.1 Å². The van der Waals surface area contributed by atoms with Gasteiger partial charge in [-0.15, -0.1) is 0 Å². The molecular weight excluding hydrogens is 412 g/mol. The Morgan fingerprint density at radius 1 is 1.12 bits per heavy atom. The molecule has 2 aliphatic heterocycles. The predicted octanol–water partition coefficient (Wildman–Crippen LogP) is 1.72. The standard InChI is InChI=1S/C23H34N4O5/c1-23(2,3)32-22(30)26-13-11-25(12-14-26)10-9-24-21(29)17-15-20(28)27(16-17)18-7-5-6-8-19(18)31-4/h5-8,17H,9-16H2,1-4H3,(H,24,29). The van der Waals surface area contributed by atoms with Gasteiger partial charge < -0.3 is 24.6 Å². The molecule has 1 N–H and O–H groups in total. The number of rotatable bonds is 6. The van der Waals surface area contributed by atoms with Crippen molar-refractivity contribution >= 4 is 23.6 Å². The molecule has 1 atom stereocenters. The highest BCUT2D eigenvalue weighted by Crippen LogP contribution is 2.32. The average molecular weight is 447 g/mol. The van der Waals surface area contributed by atoms with E-state index in [-0.39, 0.29) is 30.2 Å². The van der Waals surface area contributed by atoms with Crippen molar-refractivity contribution in [1.82, 2.24) is 15.1 Å². The molecule has 0 aliphatic carbocycles. The van der Waals surface area contributed by atoms with E-state index in [0.29, 0.717) is 44.2 Å². The first-order valence-electron chi connectivity index (χ1n) is 11.1. The zero-order valence-electron chi connectivity index (χ0n) is 19.4. The maximum atomic E-state index is 12.6. The average Bonchev–Trinajstić information content (AvgIpc) is 3.14. The summed E-state index contributed by atoms with van der Waals surface area (Å²) in [4.78, 5) is 42.8. The van der Waals surface area contributed by atoms with Gasteiger partial charge >= 0.3 is 6.09 Å². The van der Waals surface area contributed by atoms with Crippen molar-refractivity contribution in [3.05, 3.63) is 24.3 Å². The summed E-state index contributed by atoms with van der Waals surface area (Å²) in [5, 5.41) is 2.96. The molecule has 0 bridgehead atoms. The fraction of sp³-hybridized carbons (Fsp3) is 0.609. The van der Waals surface area contributed by atoms with E-state index >= 15 is 0 Å². The number of carbonyl (C=O) groups excluding carboxylic acids is 3. The Kier molecular flexibility index (Phi) is 7.60. The van der Waals surface area contributed by atoms with Crippen LogP contribution >= 0.6 is 0 Å². The molecule has 3 rings (SSSR count). The fourth-order valence-electron chi connectivity index (χ4n) is 3.93. The number of nitrogens with zero attached hydrogens (tertiary/aromatic N) is 3. The number of amides is 3. The van der Waals surface area contributed by atoms with E-state index in [1.165, 1.54) is 0 Å². The lowest BCUT2D eigenvalue weighted by molar-refractivity contribution is -0.126. The zero-order chi connectivity index (χ0) is 23.3. The number of benzene rings is 1. The number of anilines is 1. The molecule has 0 radical (unpaired) electrons. The fourth-order valence-corrected chi connectivity index (χ4v) is 3.93. The largest absolute Gasteiger partial charge is 0.495 e. The van der Waals surface area contributed by atoms with Gasteiger partial charge in [-0.2, -0.15) is 0 Å². The second-order valence-corrected chi connectivity index (χ2v) is 9.18. The minimum Gasteiger partial charge on any atom is -0.495 e. The first-order valence-corrected chi connectivity index (χ1v) is 11.1. The van der Waals surface area contributed by atoms with Crippen LogP contribution in [0.4, 0.5) is 10.5 Å². The molecule has 1 unspecified atom stereocenters. The van der Waals surface area contributed by atoms with Crippen molar-refractivity contribution in [2.24, 2.45) is 5.92 Å². The second kappa shape index (κ2) is 10.2. The van der Waals surface area contributed by atoms with Gasteiger partial charge in [0.2, 0.25) is 11.8 Å². The third-order valence-electron chi connectivity index (χ3n) is 5.62. The van der Waals surface area contributed by atoms with Crippen LogP contribution in [0.5, 0.6) is 5.75 Å². The van der Waals surface area contributed by atoms with Crippen molar-refractivity contribution in [3.63, 3.8) is 0 Å². The molecule has 0 spiro atoms. The van der Waals surface area contributed by atoms with Crippen LogP contribution < -0.4 is 15.0 Å². The summed E-state index contributed by atoms with van der Waals surface area (Å²) >= 11 is 0. The summed E-state index contributed by atoms with van der Waals surface area (Å²) in [6.45, 7) is 9.81. The van der Waals surface area contributed by atoms with Gasteiger partial charge in [0.1, 0.15) is 11.4 Å². The highest BCUT2D eigenvalue weighted by molar-refractivity contribution is 6.01. The number of para-hydroxylation sites is 2. The predicted molar refractivity (Wildman–Crippen MR) is 121 cm³/mol. The van der Waals surface area contributed by atoms with Crippen LogP contribution in [0, 0.1) is 5.92 Å². The van der Waals surface area contributed by atoms with Crippen molar-refractivity contribution in [3.8, 4) is 5.75 Å². The SMILES string of the molecule is COc1ccccc1N1CC(C(=O)NCCN2CCN(C(=O)OC(C)(C)C)CC2)CC1=O. The summed E-state index contributed by atoms with van der Waals surface area (Å²) in [6.07, 6.45) is -0.0886. The van der Waals surface area contributed by atoms with Crippen molar-refractivity contribution in [2.75, 3.05) is 57.8 Å². The summed E-state index contributed by atoms with van der Waals surface area (Å²) in [5.74, 6) is 0.0555. The Morgan fingerprint density at radius 3 is 2.47 bits per heavy atom. The number of hydrogen-bond acceptors (Lipinski definition) is 6. The van der Waals surface area contributed by atoms with Gasteiger partial charge in [0, 0.05) is 52.2 Å². The zero-order valence-corrected chi connectivity index (χ0v) is 19.4. The Bertz CT molecular complexity index is 830. The lowest BCUT2D eigenvalue weighted by Crippen LogP contribution is -2.51. The van der Waals surface area contributed by atoms with Crippen LogP contribution in [-0.2, 0) is 14.3 Å². The van der Waals surface area contributed by atoms with Gasteiger partial charge in [0.15, 0.2) is 0 Å². The summed E-state index contributed by atoms with van der Waals surface area (Å²) in [7, 11) is 1.57. The number of piperazine rings is 1. The molecule has 9 heteroatoms. The molecular formula is C23H34N4O5. The third kappa shape index (κ3) is 6.12. The van der Waals surface area contributed by atoms with Gasteiger partial charge in [0.25, 0.3) is 0 Å². The van der Waals surface area contributed by atoms with Gasteiger partial charge in [-0.3, -0.25) is 14.5 Å². The van der Waals surface area contributed by atoms with E-state index in [1.807, 2.05) is 39.0 Å². The van der Waals surface area contributed by atoms with Gasteiger partial charge in [0.05, 0.1) is 18.7 Å². The number of hydrogen-bond donors (Lipinski definition) is 1. The first kappa shape index (κ1) is 23.8. The molecule has 2 fully saturated rings. The van der Waals surface area contributed by atoms with Crippen LogP contribution in [0.2, 0.25) is 0 Å². The van der Waals surface area contributed by atoms with Crippen LogP contribution in [-0.4, -0.2) is 86.2 Å². The highest BCUT2D eigenvalue weighted by atomic mass is 16.6. The van der Waals surface area contributed by atoms with Crippen LogP contribution in [0.3, 0.4) is 0 Å². The number of methoxy groups -OCH3 is 1. The Morgan fingerprint density at radius 2 is 1.81 bits per heavy atom. The molecule has 3 amide bonds. The highest BCUT2D eigenvalue weighted by Gasteiger charge is 2.36. The first-order chi connectivity index (χ1) is 15.2. The molecule has 2 aliphatic rings. The molecule has 0 saturated carbocycles. The van der Waals surface area contributed by atoms with E-state index < -0.39 is 5.60 Å². The Hall–Kier alpha value is -2.81. The maximum absolute atomic E-state index is 12.6. The van der Waals surface area contributed by atoms with Crippen molar-refractivity contribution in [2.45, 2.75) is 32.8 Å². The number of carbonyl (C=O) groups is 3. The topological polar surface area (TPSA) is 91.4 Å². The van der Waals surface area contributed by atoms with Gasteiger partial charge in [-0.25, -0.2) is 4.79 Å². The smallest absolute Gasteiger partial charge is 0.410 e. The van der Waals surface area contributed by atoms with Gasteiger partial charge in [-0.05, 0) is 32.9 Å². The van der Waals surface area contributed by atoms with Crippen molar-refractivity contribution in [1.29, 1.82) is 0 Å². The Labute approximate surface area is 189 Å². The van der Waals surface area contributed by atoms with Crippen LogP contribution in [0.25, 0.3) is 0 Å². The summed E-state index contributed by atoms with van der Waals surface area (Å²) < 4.78 is 10.8. The molecule has 1 aromatic rings. The monoisotopic (exact) mass is 446 g/mol.